The van der Waals surface area contributed by atoms with Crippen LogP contribution in [0.25, 0.3) is 0 Å². The Labute approximate surface area is 227 Å². The van der Waals surface area contributed by atoms with E-state index in [9.17, 15) is 9.59 Å². The maximum atomic E-state index is 13.8. The minimum absolute atomic E-state index is 0.142. The van der Waals surface area contributed by atoms with E-state index in [-0.39, 0.29) is 31.6 Å². The zero-order chi connectivity index (χ0) is 26.2. The predicted molar refractivity (Wildman–Crippen MR) is 145 cm³/mol. The van der Waals surface area contributed by atoms with E-state index < -0.39 is 6.04 Å². The Kier molecular flexibility index (Phi) is 9.31. The number of hydrogen-bond acceptors (Lipinski definition) is 4. The Balaban J connectivity index is 1.61. The van der Waals surface area contributed by atoms with Crippen molar-refractivity contribution in [1.29, 1.82) is 0 Å². The molecular formula is C29H30Cl2N2O4. The summed E-state index contributed by atoms with van der Waals surface area (Å²) in [6, 6.07) is 19.9. The van der Waals surface area contributed by atoms with E-state index in [1.807, 2.05) is 55.5 Å². The second kappa shape index (κ2) is 12.8. The van der Waals surface area contributed by atoms with Gasteiger partial charge in [-0.25, -0.2) is 0 Å². The summed E-state index contributed by atoms with van der Waals surface area (Å²) in [6.07, 6.45) is 1.90. The second-order valence-corrected chi connectivity index (χ2v) is 9.79. The minimum atomic E-state index is -0.704. The van der Waals surface area contributed by atoms with Gasteiger partial charge in [-0.3, -0.25) is 9.59 Å². The van der Waals surface area contributed by atoms with E-state index in [4.69, 9.17) is 32.7 Å². The monoisotopic (exact) mass is 540 g/mol. The highest BCUT2D eigenvalue weighted by atomic mass is 35.5. The number of carbonyl (C=O) groups is 2. The fraction of sp³-hybridized carbons (Fsp3) is 0.310. The number of halogens is 2. The van der Waals surface area contributed by atoms with Crippen molar-refractivity contribution in [3.05, 3.63) is 93.5 Å². The van der Waals surface area contributed by atoms with E-state index in [0.29, 0.717) is 40.9 Å². The van der Waals surface area contributed by atoms with Crippen molar-refractivity contribution in [1.82, 2.24) is 10.2 Å². The van der Waals surface area contributed by atoms with Gasteiger partial charge < -0.3 is 19.7 Å². The molecule has 1 atom stereocenters. The van der Waals surface area contributed by atoms with Crippen molar-refractivity contribution in [2.75, 3.05) is 13.3 Å². The van der Waals surface area contributed by atoms with Crippen LogP contribution in [-0.4, -0.2) is 36.1 Å². The number of rotatable bonds is 11. The molecule has 0 spiro atoms. The third kappa shape index (κ3) is 7.18. The Morgan fingerprint density at radius 1 is 0.973 bits per heavy atom. The molecule has 0 saturated heterocycles. The summed E-state index contributed by atoms with van der Waals surface area (Å²) < 4.78 is 10.9. The average molecular weight is 541 g/mol. The lowest BCUT2D eigenvalue weighted by atomic mass is 10.0. The number of fused-ring (bicyclic) bond motifs is 1. The lowest BCUT2D eigenvalue weighted by Crippen LogP contribution is -2.50. The molecule has 194 valence electrons. The zero-order valence-electron chi connectivity index (χ0n) is 20.7. The Morgan fingerprint density at radius 3 is 2.51 bits per heavy atom. The fourth-order valence-electron chi connectivity index (χ4n) is 4.24. The molecule has 4 rings (SSSR count). The predicted octanol–water partition coefficient (Wildman–Crippen LogP) is 5.82. The lowest BCUT2D eigenvalue weighted by molar-refractivity contribution is -0.141. The Bertz CT molecular complexity index is 1240. The molecule has 6 nitrogen and oxygen atoms in total. The summed E-state index contributed by atoms with van der Waals surface area (Å²) >= 11 is 12.6. The first-order valence-corrected chi connectivity index (χ1v) is 13.1. The quantitative estimate of drug-likeness (QED) is 0.332. The van der Waals surface area contributed by atoms with Gasteiger partial charge in [0, 0.05) is 36.0 Å². The van der Waals surface area contributed by atoms with Gasteiger partial charge in [0.25, 0.3) is 0 Å². The van der Waals surface area contributed by atoms with Crippen molar-refractivity contribution in [2.45, 2.75) is 45.2 Å². The molecule has 0 bridgehead atoms. The first-order valence-electron chi connectivity index (χ1n) is 12.4. The van der Waals surface area contributed by atoms with Crippen LogP contribution in [0.5, 0.6) is 11.5 Å². The standard InChI is InChI=1S/C29H30Cl2N2O4/c1-2-14-32-29(35)25(15-20-6-4-3-5-7-20)33(18-22-10-11-23(30)17-24(22)31)28(34)13-9-21-8-12-26-27(16-21)37-19-36-26/h3-8,10-12,16-17,25H,2,9,13-15,18-19H2,1H3,(H,32,35). The maximum absolute atomic E-state index is 13.8. The largest absolute Gasteiger partial charge is 0.454 e. The Morgan fingerprint density at radius 2 is 1.76 bits per heavy atom. The van der Waals surface area contributed by atoms with Crippen LogP contribution in [0.2, 0.25) is 10.0 Å². The van der Waals surface area contributed by atoms with Gasteiger partial charge >= 0.3 is 0 Å². The number of benzene rings is 3. The van der Waals surface area contributed by atoms with Crippen LogP contribution >= 0.6 is 23.2 Å². The summed E-state index contributed by atoms with van der Waals surface area (Å²) in [5.41, 5.74) is 2.65. The summed E-state index contributed by atoms with van der Waals surface area (Å²) in [5.74, 6) is 1.05. The highest BCUT2D eigenvalue weighted by molar-refractivity contribution is 6.35. The molecule has 37 heavy (non-hydrogen) atoms. The molecule has 1 aliphatic heterocycles. The van der Waals surface area contributed by atoms with Crippen LogP contribution in [0.15, 0.2) is 66.7 Å². The van der Waals surface area contributed by atoms with Crippen LogP contribution in [0.3, 0.4) is 0 Å². The van der Waals surface area contributed by atoms with Gasteiger partial charge in [-0.2, -0.15) is 0 Å². The molecule has 1 N–H and O–H groups in total. The summed E-state index contributed by atoms with van der Waals surface area (Å²) in [5, 5.41) is 3.94. The van der Waals surface area contributed by atoms with Crippen LogP contribution in [-0.2, 0) is 29.0 Å². The SMILES string of the molecule is CCCNC(=O)C(Cc1ccccc1)N(Cc1ccc(Cl)cc1Cl)C(=O)CCc1ccc2c(c1)OCO2. The van der Waals surface area contributed by atoms with Gasteiger partial charge in [0.05, 0.1) is 0 Å². The molecule has 8 heteroatoms. The molecule has 0 aromatic heterocycles. The third-order valence-electron chi connectivity index (χ3n) is 6.24. The maximum Gasteiger partial charge on any atom is 0.243 e. The van der Waals surface area contributed by atoms with E-state index in [2.05, 4.69) is 5.32 Å². The van der Waals surface area contributed by atoms with Crippen molar-refractivity contribution in [2.24, 2.45) is 0 Å². The fourth-order valence-corrected chi connectivity index (χ4v) is 4.71. The van der Waals surface area contributed by atoms with Crippen molar-refractivity contribution in [3.63, 3.8) is 0 Å². The van der Waals surface area contributed by atoms with Crippen LogP contribution in [0.4, 0.5) is 0 Å². The molecular weight excluding hydrogens is 511 g/mol. The molecule has 3 aromatic carbocycles. The molecule has 0 aliphatic carbocycles. The molecule has 2 amide bonds. The van der Waals surface area contributed by atoms with Gasteiger partial charge in [-0.15, -0.1) is 0 Å². The Hall–Kier alpha value is -3.22. The number of ether oxygens (including phenoxy) is 2. The first-order chi connectivity index (χ1) is 17.9. The lowest BCUT2D eigenvalue weighted by Gasteiger charge is -2.32. The van der Waals surface area contributed by atoms with Crippen LogP contribution in [0.1, 0.15) is 36.5 Å². The van der Waals surface area contributed by atoms with E-state index >= 15 is 0 Å². The van der Waals surface area contributed by atoms with E-state index in [1.54, 1.807) is 23.1 Å². The van der Waals surface area contributed by atoms with Crippen LogP contribution in [0, 0.1) is 0 Å². The summed E-state index contributed by atoms with van der Waals surface area (Å²) in [7, 11) is 0. The third-order valence-corrected chi connectivity index (χ3v) is 6.83. The van der Waals surface area contributed by atoms with Crippen molar-refractivity contribution >= 4 is 35.0 Å². The summed E-state index contributed by atoms with van der Waals surface area (Å²) in [6.45, 7) is 2.91. The molecule has 1 heterocycles. The van der Waals surface area contributed by atoms with E-state index in [0.717, 1.165) is 23.1 Å². The number of carbonyl (C=O) groups excluding carboxylic acids is 2. The molecule has 0 fully saturated rings. The first kappa shape index (κ1) is 26.8. The van der Waals surface area contributed by atoms with Gasteiger partial charge in [-0.1, -0.05) is 72.6 Å². The molecule has 0 radical (unpaired) electrons. The second-order valence-electron chi connectivity index (χ2n) is 8.94. The minimum Gasteiger partial charge on any atom is -0.454 e. The normalized spacial score (nSPS) is 12.7. The number of amides is 2. The van der Waals surface area contributed by atoms with Gasteiger partial charge in [-0.05, 0) is 53.8 Å². The highest BCUT2D eigenvalue weighted by Crippen LogP contribution is 2.33. The highest BCUT2D eigenvalue weighted by Gasteiger charge is 2.30. The van der Waals surface area contributed by atoms with Gasteiger partial charge in [0.15, 0.2) is 11.5 Å². The summed E-state index contributed by atoms with van der Waals surface area (Å²) in [4.78, 5) is 28.8. The number of nitrogens with zero attached hydrogens (tertiary/aromatic N) is 1. The molecule has 1 aliphatic rings. The smallest absolute Gasteiger partial charge is 0.243 e. The molecule has 3 aromatic rings. The average Bonchev–Trinajstić information content (AvgIpc) is 3.37. The van der Waals surface area contributed by atoms with Crippen LogP contribution < -0.4 is 14.8 Å². The molecule has 1 unspecified atom stereocenters. The zero-order valence-corrected chi connectivity index (χ0v) is 22.2. The number of hydrogen-bond donors (Lipinski definition) is 1. The molecule has 0 saturated carbocycles. The van der Waals surface area contributed by atoms with Crippen molar-refractivity contribution < 1.29 is 19.1 Å². The van der Waals surface area contributed by atoms with E-state index in [1.165, 1.54) is 0 Å². The van der Waals surface area contributed by atoms with Crippen molar-refractivity contribution in [3.8, 4) is 11.5 Å². The number of nitrogens with one attached hydrogen (secondary N) is 1. The van der Waals surface area contributed by atoms with Gasteiger partial charge in [0.1, 0.15) is 6.04 Å². The topological polar surface area (TPSA) is 67.9 Å². The number of aryl methyl sites for hydroxylation is 1. The van der Waals surface area contributed by atoms with Gasteiger partial charge in [0.2, 0.25) is 18.6 Å².